The van der Waals surface area contributed by atoms with Crippen molar-refractivity contribution in [2.24, 2.45) is 17.8 Å². The fraction of sp³-hybridized carbons (Fsp3) is 0.591. The molecule has 2 fully saturated rings. The molecular weight excluding hydrogens is 316 g/mol. The van der Waals surface area contributed by atoms with Crippen LogP contribution in [0.15, 0.2) is 30.6 Å². The smallest absolute Gasteiger partial charge is 0.141 e. The Morgan fingerprint density at radius 1 is 1.00 bits per heavy atom. The van der Waals surface area contributed by atoms with Crippen molar-refractivity contribution in [3.63, 3.8) is 0 Å². The van der Waals surface area contributed by atoms with Gasteiger partial charge < -0.3 is 0 Å². The van der Waals surface area contributed by atoms with Crippen LogP contribution in [-0.4, -0.2) is 0 Å². The standard InChI is InChI=1S/C22H27F2N/c23-13-1-2-16-3-5-17(6-4-16)18-7-9-19(10-8-18)20-11-12-21(15-25)22(24)14-20/h1,11-14,16-19H,2-10H2/b13-1+. The normalized spacial score (nSPS) is 30.3. The second-order valence-corrected chi connectivity index (χ2v) is 7.84. The van der Waals surface area contributed by atoms with E-state index in [4.69, 9.17) is 5.26 Å². The molecule has 134 valence electrons. The predicted octanol–water partition coefficient (Wildman–Crippen LogP) is 6.65. The minimum Gasteiger partial charge on any atom is -0.216 e. The zero-order valence-corrected chi connectivity index (χ0v) is 14.8. The van der Waals surface area contributed by atoms with Crippen LogP contribution in [0.5, 0.6) is 0 Å². The summed E-state index contributed by atoms with van der Waals surface area (Å²) in [7, 11) is 0. The van der Waals surface area contributed by atoms with E-state index in [1.165, 1.54) is 38.5 Å². The molecule has 0 amide bonds. The first kappa shape index (κ1) is 18.1. The molecule has 3 rings (SSSR count). The van der Waals surface area contributed by atoms with Gasteiger partial charge in [-0.1, -0.05) is 12.1 Å². The summed E-state index contributed by atoms with van der Waals surface area (Å²) >= 11 is 0. The number of hydrogen-bond donors (Lipinski definition) is 0. The third-order valence-corrected chi connectivity index (χ3v) is 6.47. The van der Waals surface area contributed by atoms with Gasteiger partial charge in [-0.05, 0) is 99.2 Å². The number of nitriles is 1. The zero-order chi connectivity index (χ0) is 17.6. The minimum absolute atomic E-state index is 0.136. The van der Waals surface area contributed by atoms with E-state index in [1.54, 1.807) is 18.2 Å². The molecule has 2 saturated carbocycles. The van der Waals surface area contributed by atoms with Gasteiger partial charge in [0.15, 0.2) is 0 Å². The van der Waals surface area contributed by atoms with E-state index in [0.29, 0.717) is 18.2 Å². The highest BCUT2D eigenvalue weighted by Gasteiger charge is 2.31. The molecule has 0 atom stereocenters. The third kappa shape index (κ3) is 4.48. The average molecular weight is 343 g/mol. The number of nitrogens with zero attached hydrogens (tertiary/aromatic N) is 1. The molecular formula is C22H27F2N. The number of hydrogen-bond acceptors (Lipinski definition) is 1. The molecule has 0 aliphatic heterocycles. The highest BCUT2D eigenvalue weighted by atomic mass is 19.1. The van der Waals surface area contributed by atoms with E-state index in [0.717, 1.165) is 36.7 Å². The van der Waals surface area contributed by atoms with Gasteiger partial charge in [0.25, 0.3) is 0 Å². The molecule has 0 heterocycles. The largest absolute Gasteiger partial charge is 0.216 e. The van der Waals surface area contributed by atoms with Crippen molar-refractivity contribution in [1.82, 2.24) is 0 Å². The van der Waals surface area contributed by atoms with Gasteiger partial charge in [0.2, 0.25) is 0 Å². The van der Waals surface area contributed by atoms with Crippen LogP contribution in [0.3, 0.4) is 0 Å². The first-order valence-electron chi connectivity index (χ1n) is 9.66. The first-order valence-corrected chi connectivity index (χ1v) is 9.66. The van der Waals surface area contributed by atoms with Crippen LogP contribution in [0.1, 0.15) is 74.8 Å². The zero-order valence-electron chi connectivity index (χ0n) is 14.8. The van der Waals surface area contributed by atoms with Crippen molar-refractivity contribution in [1.29, 1.82) is 5.26 Å². The van der Waals surface area contributed by atoms with Crippen molar-refractivity contribution in [3.8, 4) is 6.07 Å². The van der Waals surface area contributed by atoms with Crippen molar-refractivity contribution in [3.05, 3.63) is 47.5 Å². The lowest BCUT2D eigenvalue weighted by atomic mass is 9.68. The molecule has 1 aromatic rings. The lowest BCUT2D eigenvalue weighted by molar-refractivity contribution is 0.160. The Kier molecular flexibility index (Phi) is 6.24. The summed E-state index contributed by atoms with van der Waals surface area (Å²) < 4.78 is 26.0. The number of benzene rings is 1. The maximum Gasteiger partial charge on any atom is 0.141 e. The molecule has 3 heteroatoms. The van der Waals surface area contributed by atoms with Crippen LogP contribution in [0.2, 0.25) is 0 Å². The monoisotopic (exact) mass is 343 g/mol. The van der Waals surface area contributed by atoms with E-state index in [-0.39, 0.29) is 11.4 Å². The number of rotatable bonds is 4. The minimum atomic E-state index is -0.386. The SMILES string of the molecule is N#Cc1ccc(C2CCC(C3CCC(C/C=C/F)CC3)CC2)cc1F. The Bertz CT molecular complexity index is 630. The molecule has 0 spiro atoms. The number of halogens is 2. The van der Waals surface area contributed by atoms with Crippen molar-refractivity contribution >= 4 is 0 Å². The molecule has 2 aliphatic rings. The van der Waals surface area contributed by atoms with E-state index >= 15 is 0 Å². The summed E-state index contributed by atoms with van der Waals surface area (Å²) in [4.78, 5) is 0. The van der Waals surface area contributed by atoms with E-state index in [1.807, 2.05) is 12.1 Å². The van der Waals surface area contributed by atoms with Crippen LogP contribution < -0.4 is 0 Å². The molecule has 1 aromatic carbocycles. The second kappa shape index (κ2) is 8.61. The van der Waals surface area contributed by atoms with Crippen molar-refractivity contribution in [2.45, 2.75) is 63.7 Å². The van der Waals surface area contributed by atoms with Gasteiger partial charge in [-0.25, -0.2) is 8.78 Å². The molecule has 0 saturated heterocycles. The van der Waals surface area contributed by atoms with Crippen molar-refractivity contribution in [2.75, 3.05) is 0 Å². The Hall–Kier alpha value is -1.69. The lowest BCUT2D eigenvalue weighted by Gasteiger charge is -2.38. The van der Waals surface area contributed by atoms with Gasteiger partial charge in [0.1, 0.15) is 11.9 Å². The third-order valence-electron chi connectivity index (χ3n) is 6.47. The Balaban J connectivity index is 1.49. The van der Waals surface area contributed by atoms with Gasteiger partial charge in [-0.2, -0.15) is 5.26 Å². The topological polar surface area (TPSA) is 23.8 Å². The first-order chi connectivity index (χ1) is 12.2. The quantitative estimate of drug-likeness (QED) is 0.600. The van der Waals surface area contributed by atoms with Gasteiger partial charge in [-0.15, -0.1) is 0 Å². The summed E-state index contributed by atoms with van der Waals surface area (Å²) in [5, 5.41) is 8.85. The van der Waals surface area contributed by atoms with Crippen LogP contribution in [0.25, 0.3) is 0 Å². The number of allylic oxidation sites excluding steroid dienone is 1. The highest BCUT2D eigenvalue weighted by Crippen LogP contribution is 2.44. The molecule has 0 N–H and O–H groups in total. The summed E-state index contributed by atoms with van der Waals surface area (Å²) in [6.45, 7) is 0. The molecule has 0 aromatic heterocycles. The van der Waals surface area contributed by atoms with Crippen LogP contribution >= 0.6 is 0 Å². The lowest BCUT2D eigenvalue weighted by Crippen LogP contribution is -2.25. The summed E-state index contributed by atoms with van der Waals surface area (Å²) in [5.41, 5.74) is 1.19. The van der Waals surface area contributed by atoms with Crippen LogP contribution in [0.4, 0.5) is 8.78 Å². The van der Waals surface area contributed by atoms with Gasteiger partial charge in [0.05, 0.1) is 11.9 Å². The fourth-order valence-corrected chi connectivity index (χ4v) is 4.94. The van der Waals surface area contributed by atoms with Gasteiger partial charge >= 0.3 is 0 Å². The molecule has 2 aliphatic carbocycles. The molecule has 0 bridgehead atoms. The second-order valence-electron chi connectivity index (χ2n) is 7.84. The molecule has 1 nitrogen and oxygen atoms in total. The maximum absolute atomic E-state index is 13.8. The predicted molar refractivity (Wildman–Crippen MR) is 96.1 cm³/mol. The summed E-state index contributed by atoms with van der Waals surface area (Å²) in [6, 6.07) is 7.00. The Labute approximate surface area is 149 Å². The van der Waals surface area contributed by atoms with Gasteiger partial charge in [-0.3, -0.25) is 0 Å². The molecule has 25 heavy (non-hydrogen) atoms. The van der Waals surface area contributed by atoms with E-state index < -0.39 is 0 Å². The highest BCUT2D eigenvalue weighted by molar-refractivity contribution is 5.34. The summed E-state index contributed by atoms with van der Waals surface area (Å²) in [6.07, 6.45) is 13.0. The molecule has 0 radical (unpaired) electrons. The van der Waals surface area contributed by atoms with Crippen molar-refractivity contribution < 1.29 is 8.78 Å². The van der Waals surface area contributed by atoms with Gasteiger partial charge in [0, 0.05) is 0 Å². The maximum atomic E-state index is 13.8. The van der Waals surface area contributed by atoms with Crippen LogP contribution in [-0.2, 0) is 0 Å². The Morgan fingerprint density at radius 2 is 1.64 bits per heavy atom. The fourth-order valence-electron chi connectivity index (χ4n) is 4.94. The molecule has 0 unspecified atom stereocenters. The average Bonchev–Trinajstić information content (AvgIpc) is 2.67. The van der Waals surface area contributed by atoms with E-state index in [9.17, 15) is 8.78 Å². The van der Waals surface area contributed by atoms with Crippen LogP contribution in [0, 0.1) is 34.9 Å². The Morgan fingerprint density at radius 3 is 2.20 bits per heavy atom. The van der Waals surface area contributed by atoms with E-state index in [2.05, 4.69) is 0 Å². The summed E-state index contributed by atoms with van der Waals surface area (Å²) in [5.74, 6) is 2.34.